The summed E-state index contributed by atoms with van der Waals surface area (Å²) >= 11 is 0. The lowest BCUT2D eigenvalue weighted by Crippen LogP contribution is -2.09. The highest BCUT2D eigenvalue weighted by molar-refractivity contribution is 5.93. The molecule has 0 aliphatic rings. The number of allylic oxidation sites excluding steroid dienone is 4. The second-order valence-electron chi connectivity index (χ2n) is 7.81. The molecule has 3 aromatic carbocycles. The van der Waals surface area contributed by atoms with E-state index in [0.717, 1.165) is 33.8 Å². The number of hydrogen-bond donors (Lipinski definition) is 0. The average Bonchev–Trinajstić information content (AvgIpc) is 2.75. The summed E-state index contributed by atoms with van der Waals surface area (Å²) in [5, 5.41) is 0. The van der Waals surface area contributed by atoms with Gasteiger partial charge in [0.05, 0.1) is 0 Å². The fraction of sp³-hybridized carbons (Fsp3) is 0.179. The van der Waals surface area contributed by atoms with E-state index in [9.17, 15) is 4.79 Å². The van der Waals surface area contributed by atoms with Crippen LogP contribution in [0.5, 0.6) is 0 Å². The molecule has 3 aromatic rings. The van der Waals surface area contributed by atoms with Crippen LogP contribution in [0, 0.1) is 13.8 Å². The predicted molar refractivity (Wildman–Crippen MR) is 129 cm³/mol. The lowest BCUT2D eigenvalue weighted by Gasteiger charge is -2.26. The number of Topliss-reactive ketones (excluding diaryl/α,β-unsaturated/α-hetero) is 1. The van der Waals surface area contributed by atoms with Crippen LogP contribution in [0.4, 0.5) is 17.1 Å². The topological polar surface area (TPSA) is 20.3 Å². The zero-order valence-electron chi connectivity index (χ0n) is 18.4. The van der Waals surface area contributed by atoms with Crippen LogP contribution >= 0.6 is 0 Å². The largest absolute Gasteiger partial charge is 0.311 e. The fourth-order valence-corrected chi connectivity index (χ4v) is 3.17. The van der Waals surface area contributed by atoms with Gasteiger partial charge in [-0.25, -0.2) is 0 Å². The smallest absolute Gasteiger partial charge is 0.155 e. The van der Waals surface area contributed by atoms with E-state index in [1.807, 2.05) is 19.1 Å². The molecule has 152 valence electrons. The average molecular weight is 396 g/mol. The first-order valence-corrected chi connectivity index (χ1v) is 10.2. The van der Waals surface area contributed by atoms with Crippen LogP contribution in [0.1, 0.15) is 37.5 Å². The van der Waals surface area contributed by atoms with Crippen molar-refractivity contribution >= 4 is 28.4 Å². The molecule has 0 aromatic heterocycles. The SMILES string of the molecule is CC(=O)/C(C)=C/C=C(\C)c1ccc(N(c2ccc(C)cc2)c2ccc(C)cc2)cc1. The lowest BCUT2D eigenvalue weighted by molar-refractivity contribution is -0.113. The molecule has 0 amide bonds. The lowest BCUT2D eigenvalue weighted by atomic mass is 10.0. The van der Waals surface area contributed by atoms with Gasteiger partial charge in [-0.2, -0.15) is 0 Å². The summed E-state index contributed by atoms with van der Waals surface area (Å²) in [6.45, 7) is 9.71. The molecule has 0 radical (unpaired) electrons. The van der Waals surface area contributed by atoms with E-state index in [0.29, 0.717) is 0 Å². The third-order valence-corrected chi connectivity index (χ3v) is 5.30. The molecular formula is C28H29NO. The number of rotatable bonds is 6. The minimum atomic E-state index is 0.0984. The number of nitrogens with zero attached hydrogens (tertiary/aromatic N) is 1. The fourth-order valence-electron chi connectivity index (χ4n) is 3.17. The third kappa shape index (κ3) is 5.15. The van der Waals surface area contributed by atoms with E-state index in [-0.39, 0.29) is 5.78 Å². The molecule has 0 bridgehead atoms. The highest BCUT2D eigenvalue weighted by Crippen LogP contribution is 2.35. The molecule has 0 atom stereocenters. The summed E-state index contributed by atoms with van der Waals surface area (Å²) in [5.74, 6) is 0.0984. The second-order valence-corrected chi connectivity index (χ2v) is 7.81. The number of hydrogen-bond acceptors (Lipinski definition) is 2. The van der Waals surface area contributed by atoms with E-state index in [1.165, 1.54) is 11.1 Å². The van der Waals surface area contributed by atoms with Crippen molar-refractivity contribution in [3.8, 4) is 0 Å². The number of aryl methyl sites for hydroxylation is 2. The molecule has 0 saturated heterocycles. The third-order valence-electron chi connectivity index (χ3n) is 5.30. The number of carbonyl (C=O) groups is 1. The number of anilines is 3. The highest BCUT2D eigenvalue weighted by Gasteiger charge is 2.12. The van der Waals surface area contributed by atoms with Crippen molar-refractivity contribution in [2.45, 2.75) is 34.6 Å². The van der Waals surface area contributed by atoms with Crippen molar-refractivity contribution in [3.63, 3.8) is 0 Å². The molecule has 2 nitrogen and oxygen atoms in total. The Morgan fingerprint density at radius 3 is 1.43 bits per heavy atom. The maximum Gasteiger partial charge on any atom is 0.155 e. The van der Waals surface area contributed by atoms with Gasteiger partial charge in [-0.15, -0.1) is 0 Å². The van der Waals surface area contributed by atoms with Gasteiger partial charge in [0.25, 0.3) is 0 Å². The molecular weight excluding hydrogens is 366 g/mol. The van der Waals surface area contributed by atoms with Gasteiger partial charge >= 0.3 is 0 Å². The van der Waals surface area contributed by atoms with E-state index in [4.69, 9.17) is 0 Å². The minimum Gasteiger partial charge on any atom is -0.311 e. The summed E-state index contributed by atoms with van der Waals surface area (Å²) in [6.07, 6.45) is 3.89. The van der Waals surface area contributed by atoms with Crippen LogP contribution in [0.2, 0.25) is 0 Å². The summed E-state index contributed by atoms with van der Waals surface area (Å²) in [7, 11) is 0. The van der Waals surface area contributed by atoms with Crippen LogP contribution in [0.3, 0.4) is 0 Å². The van der Waals surface area contributed by atoms with Gasteiger partial charge in [0.15, 0.2) is 5.78 Å². The van der Waals surface area contributed by atoms with E-state index < -0.39 is 0 Å². The summed E-state index contributed by atoms with van der Waals surface area (Å²) in [5.41, 5.74) is 8.87. The van der Waals surface area contributed by atoms with Crippen LogP contribution in [-0.4, -0.2) is 5.78 Å². The first-order valence-electron chi connectivity index (χ1n) is 10.2. The van der Waals surface area contributed by atoms with E-state index in [2.05, 4.69) is 98.5 Å². The van der Waals surface area contributed by atoms with Gasteiger partial charge < -0.3 is 4.90 Å². The first-order chi connectivity index (χ1) is 14.3. The molecule has 0 aliphatic carbocycles. The molecule has 2 heteroatoms. The van der Waals surface area contributed by atoms with Gasteiger partial charge in [-0.1, -0.05) is 59.7 Å². The summed E-state index contributed by atoms with van der Waals surface area (Å²) in [6, 6.07) is 25.7. The molecule has 0 N–H and O–H groups in total. The Kier molecular flexibility index (Phi) is 6.68. The molecule has 0 saturated carbocycles. The van der Waals surface area contributed by atoms with Gasteiger partial charge in [-0.3, -0.25) is 4.79 Å². The van der Waals surface area contributed by atoms with Crippen molar-refractivity contribution in [2.24, 2.45) is 0 Å². The second kappa shape index (κ2) is 9.41. The van der Waals surface area contributed by atoms with Gasteiger partial charge in [-0.05, 0) is 87.7 Å². The van der Waals surface area contributed by atoms with Crippen LogP contribution in [0.25, 0.3) is 5.57 Å². The van der Waals surface area contributed by atoms with Crippen molar-refractivity contribution in [2.75, 3.05) is 4.90 Å². The molecule has 0 fully saturated rings. The van der Waals surface area contributed by atoms with Crippen molar-refractivity contribution in [1.29, 1.82) is 0 Å². The quantitative estimate of drug-likeness (QED) is 0.315. The molecule has 0 aliphatic heterocycles. The Hall–Kier alpha value is -3.39. The van der Waals surface area contributed by atoms with Gasteiger partial charge in [0.1, 0.15) is 0 Å². The van der Waals surface area contributed by atoms with Crippen molar-refractivity contribution < 1.29 is 4.79 Å². The molecule has 0 heterocycles. The Bertz CT molecular complexity index is 1020. The summed E-state index contributed by atoms with van der Waals surface area (Å²) in [4.78, 5) is 13.7. The van der Waals surface area contributed by atoms with Gasteiger partial charge in [0, 0.05) is 17.1 Å². The number of benzene rings is 3. The number of ketones is 1. The minimum absolute atomic E-state index is 0.0984. The van der Waals surface area contributed by atoms with E-state index in [1.54, 1.807) is 6.92 Å². The number of carbonyl (C=O) groups excluding carboxylic acids is 1. The predicted octanol–water partition coefficient (Wildman–Crippen LogP) is 7.71. The Morgan fingerprint density at radius 2 is 1.03 bits per heavy atom. The van der Waals surface area contributed by atoms with Crippen LogP contribution in [0.15, 0.2) is 90.5 Å². The first kappa shape index (κ1) is 21.3. The summed E-state index contributed by atoms with van der Waals surface area (Å²) < 4.78 is 0. The monoisotopic (exact) mass is 395 g/mol. The standard InChI is InChI=1S/C28H29NO/c1-20-6-14-26(15-7-20)29(27-16-8-21(2)9-17-27)28-18-12-25(13-19-28)23(4)11-10-22(3)24(5)30/h6-19H,1-5H3/b22-10+,23-11+. The van der Waals surface area contributed by atoms with Crippen molar-refractivity contribution in [3.05, 3.63) is 107 Å². The normalized spacial score (nSPS) is 12.0. The van der Waals surface area contributed by atoms with Crippen LogP contribution in [-0.2, 0) is 4.79 Å². The van der Waals surface area contributed by atoms with E-state index >= 15 is 0 Å². The Morgan fingerprint density at radius 1 is 0.633 bits per heavy atom. The maximum absolute atomic E-state index is 11.4. The van der Waals surface area contributed by atoms with Crippen LogP contribution < -0.4 is 4.90 Å². The maximum atomic E-state index is 11.4. The molecule has 3 rings (SSSR count). The molecule has 0 spiro atoms. The Balaban J connectivity index is 1.97. The zero-order valence-corrected chi connectivity index (χ0v) is 18.4. The Labute approximate surface area is 180 Å². The molecule has 30 heavy (non-hydrogen) atoms. The molecule has 0 unspecified atom stereocenters. The van der Waals surface area contributed by atoms with Gasteiger partial charge in [0.2, 0.25) is 0 Å². The zero-order chi connectivity index (χ0) is 21.7. The van der Waals surface area contributed by atoms with Crippen molar-refractivity contribution in [1.82, 2.24) is 0 Å². The highest BCUT2D eigenvalue weighted by atomic mass is 16.1.